The topological polar surface area (TPSA) is 75.3 Å². The maximum absolute atomic E-state index is 12.3. The van der Waals surface area contributed by atoms with Crippen molar-refractivity contribution >= 4 is 5.91 Å². The molecule has 21 heavy (non-hydrogen) atoms. The van der Waals surface area contributed by atoms with Gasteiger partial charge in [-0.15, -0.1) is 0 Å². The standard InChI is InChI=1S/C17H34N2O2/c1-3-16(4-2,10-11-20)14-19-15(21)12-17(13-18)8-6-5-7-9-17/h20H,3-14,18H2,1-2H3,(H,19,21). The predicted molar refractivity (Wildman–Crippen MR) is 86.9 cm³/mol. The summed E-state index contributed by atoms with van der Waals surface area (Å²) in [6.45, 7) is 5.73. The first-order valence-corrected chi connectivity index (χ1v) is 8.63. The van der Waals surface area contributed by atoms with Crippen molar-refractivity contribution in [1.29, 1.82) is 0 Å². The van der Waals surface area contributed by atoms with Gasteiger partial charge in [0.2, 0.25) is 5.91 Å². The van der Waals surface area contributed by atoms with Gasteiger partial charge in [-0.3, -0.25) is 4.79 Å². The van der Waals surface area contributed by atoms with Crippen LogP contribution < -0.4 is 11.1 Å². The van der Waals surface area contributed by atoms with Gasteiger partial charge in [0.05, 0.1) is 0 Å². The lowest BCUT2D eigenvalue weighted by Gasteiger charge is -2.36. The Morgan fingerprint density at radius 1 is 1.24 bits per heavy atom. The van der Waals surface area contributed by atoms with E-state index in [4.69, 9.17) is 5.73 Å². The van der Waals surface area contributed by atoms with E-state index in [0.29, 0.717) is 19.5 Å². The highest BCUT2D eigenvalue weighted by Crippen LogP contribution is 2.38. The van der Waals surface area contributed by atoms with Gasteiger partial charge in [-0.1, -0.05) is 33.1 Å². The Labute approximate surface area is 129 Å². The molecule has 1 rings (SSSR count). The largest absolute Gasteiger partial charge is 0.396 e. The second kappa shape index (κ2) is 8.74. The minimum Gasteiger partial charge on any atom is -0.396 e. The molecule has 0 aromatic rings. The summed E-state index contributed by atoms with van der Waals surface area (Å²) in [6, 6.07) is 0. The third-order valence-electron chi connectivity index (χ3n) is 5.69. The van der Waals surface area contributed by atoms with Gasteiger partial charge in [0.25, 0.3) is 0 Å². The second-order valence-corrected chi connectivity index (χ2v) is 6.90. The zero-order chi connectivity index (χ0) is 15.8. The number of nitrogens with one attached hydrogen (secondary N) is 1. The van der Waals surface area contributed by atoms with Gasteiger partial charge >= 0.3 is 0 Å². The summed E-state index contributed by atoms with van der Waals surface area (Å²) in [6.07, 6.45) is 9.11. The molecule has 1 saturated carbocycles. The molecule has 0 spiro atoms. The van der Waals surface area contributed by atoms with Gasteiger partial charge in [-0.2, -0.15) is 0 Å². The van der Waals surface area contributed by atoms with E-state index < -0.39 is 0 Å². The van der Waals surface area contributed by atoms with Crippen LogP contribution in [0.25, 0.3) is 0 Å². The van der Waals surface area contributed by atoms with E-state index >= 15 is 0 Å². The molecular weight excluding hydrogens is 264 g/mol. The number of hydrogen-bond donors (Lipinski definition) is 3. The van der Waals surface area contributed by atoms with Crippen LogP contribution in [0.4, 0.5) is 0 Å². The minimum absolute atomic E-state index is 0.0282. The minimum atomic E-state index is 0.0282. The number of aliphatic hydroxyl groups is 1. The Bertz CT molecular complexity index is 308. The van der Waals surface area contributed by atoms with Gasteiger partial charge in [0, 0.05) is 19.6 Å². The van der Waals surface area contributed by atoms with Crippen LogP contribution in [0.2, 0.25) is 0 Å². The highest BCUT2D eigenvalue weighted by Gasteiger charge is 2.34. The lowest BCUT2D eigenvalue weighted by molar-refractivity contribution is -0.124. The molecular formula is C17H34N2O2. The zero-order valence-electron chi connectivity index (χ0n) is 13.9. The molecule has 0 bridgehead atoms. The highest BCUT2D eigenvalue weighted by atomic mass is 16.3. The summed E-state index contributed by atoms with van der Waals surface area (Å²) in [5.41, 5.74) is 6.02. The Kier molecular flexibility index (Phi) is 7.67. The summed E-state index contributed by atoms with van der Waals surface area (Å²) < 4.78 is 0. The first-order valence-electron chi connectivity index (χ1n) is 8.63. The quantitative estimate of drug-likeness (QED) is 0.612. The van der Waals surface area contributed by atoms with Crippen LogP contribution in [-0.4, -0.2) is 30.7 Å². The second-order valence-electron chi connectivity index (χ2n) is 6.90. The lowest BCUT2D eigenvalue weighted by Crippen LogP contribution is -2.42. The number of carbonyl (C=O) groups excluding carboxylic acids is 1. The maximum atomic E-state index is 12.3. The van der Waals surface area contributed by atoms with Gasteiger partial charge in [-0.05, 0) is 49.5 Å². The van der Waals surface area contributed by atoms with Crippen molar-refractivity contribution in [1.82, 2.24) is 5.32 Å². The molecule has 1 fully saturated rings. The van der Waals surface area contributed by atoms with Crippen molar-refractivity contribution in [3.8, 4) is 0 Å². The fourth-order valence-electron chi connectivity index (χ4n) is 3.62. The molecule has 0 saturated heterocycles. The summed E-state index contributed by atoms with van der Waals surface area (Å²) in [5, 5.41) is 12.4. The van der Waals surface area contributed by atoms with E-state index in [1.165, 1.54) is 19.3 Å². The zero-order valence-corrected chi connectivity index (χ0v) is 13.9. The molecule has 124 valence electrons. The van der Waals surface area contributed by atoms with Crippen LogP contribution in [0.5, 0.6) is 0 Å². The number of carbonyl (C=O) groups is 1. The molecule has 4 N–H and O–H groups in total. The fourth-order valence-corrected chi connectivity index (χ4v) is 3.62. The van der Waals surface area contributed by atoms with E-state index in [9.17, 15) is 9.90 Å². The lowest BCUT2D eigenvalue weighted by atomic mass is 9.71. The van der Waals surface area contributed by atoms with E-state index in [1.807, 2.05) is 0 Å². The molecule has 0 atom stereocenters. The first kappa shape index (κ1) is 18.4. The van der Waals surface area contributed by atoms with Crippen LogP contribution in [0, 0.1) is 10.8 Å². The molecule has 0 aromatic heterocycles. The molecule has 1 aliphatic carbocycles. The number of hydrogen-bond acceptors (Lipinski definition) is 3. The third-order valence-corrected chi connectivity index (χ3v) is 5.69. The maximum Gasteiger partial charge on any atom is 0.220 e. The Balaban J connectivity index is 2.52. The number of nitrogens with two attached hydrogens (primary N) is 1. The Morgan fingerprint density at radius 2 is 1.86 bits per heavy atom. The highest BCUT2D eigenvalue weighted by molar-refractivity contribution is 5.76. The van der Waals surface area contributed by atoms with Crippen LogP contribution in [0.3, 0.4) is 0 Å². The molecule has 4 heteroatoms. The van der Waals surface area contributed by atoms with Crippen LogP contribution in [0.1, 0.15) is 71.6 Å². The van der Waals surface area contributed by atoms with Crippen molar-refractivity contribution in [2.24, 2.45) is 16.6 Å². The normalized spacial score (nSPS) is 18.5. The van der Waals surface area contributed by atoms with Crippen LogP contribution in [0.15, 0.2) is 0 Å². The summed E-state index contributed by atoms with van der Waals surface area (Å²) in [7, 11) is 0. The molecule has 0 aliphatic heterocycles. The third kappa shape index (κ3) is 5.26. The van der Waals surface area contributed by atoms with Crippen molar-refractivity contribution < 1.29 is 9.90 Å². The summed E-state index contributed by atoms with van der Waals surface area (Å²) in [4.78, 5) is 12.3. The average Bonchev–Trinajstić information content (AvgIpc) is 2.52. The first-order chi connectivity index (χ1) is 10.1. The van der Waals surface area contributed by atoms with Gasteiger partial charge in [0.1, 0.15) is 0 Å². The number of amides is 1. The van der Waals surface area contributed by atoms with Crippen LogP contribution in [-0.2, 0) is 4.79 Å². The molecule has 1 aliphatic rings. The number of rotatable bonds is 9. The van der Waals surface area contributed by atoms with E-state index in [2.05, 4.69) is 19.2 Å². The Morgan fingerprint density at radius 3 is 2.33 bits per heavy atom. The fraction of sp³-hybridized carbons (Fsp3) is 0.941. The molecule has 0 aromatic carbocycles. The van der Waals surface area contributed by atoms with E-state index in [0.717, 1.165) is 32.1 Å². The monoisotopic (exact) mass is 298 g/mol. The number of aliphatic hydroxyl groups excluding tert-OH is 1. The summed E-state index contributed by atoms with van der Waals surface area (Å²) >= 11 is 0. The van der Waals surface area contributed by atoms with E-state index in [-0.39, 0.29) is 23.3 Å². The van der Waals surface area contributed by atoms with Gasteiger partial charge in [-0.25, -0.2) is 0 Å². The molecule has 0 radical (unpaired) electrons. The molecule has 0 heterocycles. The van der Waals surface area contributed by atoms with Crippen molar-refractivity contribution in [3.05, 3.63) is 0 Å². The molecule has 4 nitrogen and oxygen atoms in total. The molecule has 1 amide bonds. The van der Waals surface area contributed by atoms with Crippen molar-refractivity contribution in [2.45, 2.75) is 71.6 Å². The van der Waals surface area contributed by atoms with Crippen molar-refractivity contribution in [3.63, 3.8) is 0 Å². The van der Waals surface area contributed by atoms with Crippen LogP contribution >= 0.6 is 0 Å². The van der Waals surface area contributed by atoms with Gasteiger partial charge in [0.15, 0.2) is 0 Å². The van der Waals surface area contributed by atoms with Gasteiger partial charge < -0.3 is 16.2 Å². The predicted octanol–water partition coefficient (Wildman–Crippen LogP) is 2.59. The summed E-state index contributed by atoms with van der Waals surface area (Å²) in [5.74, 6) is 0.131. The molecule has 0 unspecified atom stereocenters. The van der Waals surface area contributed by atoms with E-state index in [1.54, 1.807) is 0 Å². The Hall–Kier alpha value is -0.610. The SMILES string of the molecule is CCC(CC)(CCO)CNC(=O)CC1(CN)CCCCC1. The average molecular weight is 298 g/mol. The smallest absolute Gasteiger partial charge is 0.220 e. The van der Waals surface area contributed by atoms with Crippen molar-refractivity contribution in [2.75, 3.05) is 19.7 Å².